The molecule has 1 fully saturated rings. The zero-order valence-electron chi connectivity index (χ0n) is 16.7. The molecule has 0 spiro atoms. The number of imide groups is 2. The fraction of sp³-hybridized carbons (Fsp3) is 0.0870. The van der Waals surface area contributed by atoms with Gasteiger partial charge in [-0.2, -0.15) is 0 Å². The van der Waals surface area contributed by atoms with E-state index >= 15 is 0 Å². The molecule has 0 aliphatic carbocycles. The first-order chi connectivity index (χ1) is 15.0. The Morgan fingerprint density at radius 1 is 0.839 bits per heavy atom. The maximum atomic E-state index is 12.6. The molecule has 0 radical (unpaired) electrons. The van der Waals surface area contributed by atoms with Gasteiger partial charge < -0.3 is 0 Å². The molecule has 8 heteroatoms. The van der Waals surface area contributed by atoms with Crippen LogP contribution in [0, 0.1) is 0 Å². The summed E-state index contributed by atoms with van der Waals surface area (Å²) in [6.07, 6.45) is 1.61. The number of hydrogen-bond donors (Lipinski definition) is 0. The molecular formula is C23H17N3O4Te. The van der Waals surface area contributed by atoms with Crippen LogP contribution in [0.25, 0.3) is 6.08 Å². The van der Waals surface area contributed by atoms with Crippen molar-refractivity contribution in [3.8, 4) is 11.5 Å². The normalized spacial score (nSPS) is 15.6. The summed E-state index contributed by atoms with van der Waals surface area (Å²) in [5, 5.41) is 0. The average Bonchev–Trinajstić information content (AvgIpc) is 3.20. The van der Waals surface area contributed by atoms with Crippen molar-refractivity contribution >= 4 is 59.4 Å². The molecule has 2 aliphatic heterocycles. The summed E-state index contributed by atoms with van der Waals surface area (Å²) < 4.78 is 8.10. The number of anilines is 3. The molecule has 0 saturated carbocycles. The number of benzene rings is 2. The molecule has 0 bridgehead atoms. The predicted octanol–water partition coefficient (Wildman–Crippen LogP) is 3.75. The third-order valence-electron chi connectivity index (χ3n) is 5.17. The minimum atomic E-state index is -0.966. The molecule has 2 aliphatic rings. The summed E-state index contributed by atoms with van der Waals surface area (Å²) in [6.45, 7) is 0. The second-order valence-electron chi connectivity index (χ2n) is 7.13. The number of para-hydroxylation sites is 3. The van der Waals surface area contributed by atoms with Crippen molar-refractivity contribution in [1.29, 1.82) is 0 Å². The molecule has 1 aromatic heterocycles. The van der Waals surface area contributed by atoms with Gasteiger partial charge in [0.1, 0.15) is 0 Å². The Balaban J connectivity index is 1.62. The van der Waals surface area contributed by atoms with Crippen LogP contribution in [0.15, 0.2) is 66.2 Å². The van der Waals surface area contributed by atoms with Gasteiger partial charge in [-0.05, 0) is 0 Å². The molecule has 0 atom stereocenters. The average molecular weight is 527 g/mol. The van der Waals surface area contributed by atoms with Crippen LogP contribution in [0.2, 0.25) is 0 Å². The fourth-order valence-electron chi connectivity index (χ4n) is 3.59. The second kappa shape index (κ2) is 7.41. The molecule has 5 rings (SSSR count). The van der Waals surface area contributed by atoms with E-state index in [0.717, 1.165) is 40.0 Å². The standard InChI is InChI=1S/C23H17N3O4Te/c1-24-20(27)16(21(28)25(2)23(24)29)12-15-13-19-22(31-15)26(14-8-4-3-5-9-14)17-10-6-7-11-18(17)30-19/h3-13H,1-2H3. The Labute approximate surface area is 188 Å². The van der Waals surface area contributed by atoms with Gasteiger partial charge in [0.05, 0.1) is 0 Å². The number of fused-ring (bicyclic) bond motifs is 2. The zero-order valence-corrected chi connectivity index (χ0v) is 19.1. The van der Waals surface area contributed by atoms with Gasteiger partial charge in [-0.25, -0.2) is 0 Å². The van der Waals surface area contributed by atoms with Gasteiger partial charge in [0.2, 0.25) is 0 Å². The number of rotatable bonds is 2. The third kappa shape index (κ3) is 3.16. The monoisotopic (exact) mass is 529 g/mol. The van der Waals surface area contributed by atoms with E-state index in [2.05, 4.69) is 4.90 Å². The molecule has 2 aromatic carbocycles. The van der Waals surface area contributed by atoms with Crippen molar-refractivity contribution in [2.75, 3.05) is 19.0 Å². The first-order valence-electron chi connectivity index (χ1n) is 9.53. The van der Waals surface area contributed by atoms with E-state index < -0.39 is 38.3 Å². The summed E-state index contributed by atoms with van der Waals surface area (Å²) in [5.41, 5.74) is 1.97. The summed E-state index contributed by atoms with van der Waals surface area (Å²) in [7, 11) is 2.75. The number of carbonyl (C=O) groups excluding carboxylic acids is 3. The summed E-state index contributed by atoms with van der Waals surface area (Å²) in [5.74, 6) is 0.300. The topological polar surface area (TPSA) is 70.2 Å². The molecule has 31 heavy (non-hydrogen) atoms. The fourth-order valence-corrected chi connectivity index (χ4v) is 6.62. The van der Waals surface area contributed by atoms with Gasteiger partial charge in [-0.3, -0.25) is 0 Å². The predicted molar refractivity (Wildman–Crippen MR) is 117 cm³/mol. The molecule has 4 amide bonds. The molecule has 7 nitrogen and oxygen atoms in total. The first kappa shape index (κ1) is 19.6. The van der Waals surface area contributed by atoms with E-state index in [-0.39, 0.29) is 5.57 Å². The Kier molecular flexibility index (Phi) is 4.69. The minimum absolute atomic E-state index is 0.00966. The molecule has 0 unspecified atom stereocenters. The van der Waals surface area contributed by atoms with Gasteiger partial charge in [-0.1, -0.05) is 0 Å². The van der Waals surface area contributed by atoms with Gasteiger partial charge in [0.15, 0.2) is 0 Å². The Morgan fingerprint density at radius 2 is 1.48 bits per heavy atom. The quantitative estimate of drug-likeness (QED) is 0.226. The van der Waals surface area contributed by atoms with E-state index in [1.807, 2.05) is 60.7 Å². The van der Waals surface area contributed by atoms with Crippen molar-refractivity contribution in [3.05, 3.63) is 69.8 Å². The Hall–Kier alpha value is -3.34. The number of carbonyl (C=O) groups is 3. The van der Waals surface area contributed by atoms with Crippen LogP contribution >= 0.6 is 0 Å². The van der Waals surface area contributed by atoms with Gasteiger partial charge in [0, 0.05) is 0 Å². The van der Waals surface area contributed by atoms with Crippen LogP contribution in [0.5, 0.6) is 11.5 Å². The van der Waals surface area contributed by atoms with Crippen molar-refractivity contribution in [2.45, 2.75) is 0 Å². The molecule has 0 N–H and O–H groups in total. The van der Waals surface area contributed by atoms with Crippen molar-refractivity contribution in [1.82, 2.24) is 9.80 Å². The Bertz CT molecular complexity index is 1240. The van der Waals surface area contributed by atoms with Crippen LogP contribution in [-0.2, 0) is 9.59 Å². The number of hydrogen-bond acceptors (Lipinski definition) is 5. The summed E-state index contributed by atoms with van der Waals surface area (Å²) >= 11 is -0.966. The third-order valence-corrected chi connectivity index (χ3v) is 8.17. The van der Waals surface area contributed by atoms with Gasteiger partial charge in [-0.15, -0.1) is 0 Å². The van der Waals surface area contributed by atoms with E-state index in [1.165, 1.54) is 14.1 Å². The van der Waals surface area contributed by atoms with Crippen molar-refractivity contribution < 1.29 is 19.1 Å². The SMILES string of the molecule is CN1C(=O)C(=Cc2cc3c([te]2)N(c2ccccc2)c2ccccc2O3)C(=O)N(C)C1=O. The van der Waals surface area contributed by atoms with E-state index in [9.17, 15) is 14.4 Å². The summed E-state index contributed by atoms with van der Waals surface area (Å²) in [4.78, 5) is 41.3. The van der Waals surface area contributed by atoms with Crippen molar-refractivity contribution in [2.24, 2.45) is 0 Å². The number of nitrogens with zero attached hydrogens (tertiary/aromatic N) is 3. The van der Waals surface area contributed by atoms with Crippen molar-refractivity contribution in [3.63, 3.8) is 0 Å². The van der Waals surface area contributed by atoms with E-state index in [1.54, 1.807) is 6.08 Å². The van der Waals surface area contributed by atoms with E-state index in [4.69, 9.17) is 4.74 Å². The Morgan fingerprint density at radius 3 is 2.19 bits per heavy atom. The number of likely N-dealkylation sites (N-methyl/N-ethyl adjacent to an activating group) is 2. The number of amides is 4. The number of urea groups is 1. The number of ether oxygens (including phenoxy) is 1. The van der Waals surface area contributed by atoms with Gasteiger partial charge in [0.25, 0.3) is 0 Å². The van der Waals surface area contributed by atoms with Crippen LogP contribution < -0.4 is 9.64 Å². The van der Waals surface area contributed by atoms with Crippen LogP contribution in [-0.4, -0.2) is 62.2 Å². The van der Waals surface area contributed by atoms with Crippen LogP contribution in [0.1, 0.15) is 3.58 Å². The first-order valence-corrected chi connectivity index (χ1v) is 11.9. The maximum absolute atomic E-state index is 12.6. The molecular weight excluding hydrogens is 510 g/mol. The van der Waals surface area contributed by atoms with E-state index in [0.29, 0.717) is 0 Å². The second-order valence-corrected chi connectivity index (χ2v) is 10.2. The molecule has 3 heterocycles. The molecule has 1 saturated heterocycles. The number of barbiturate groups is 1. The van der Waals surface area contributed by atoms with Crippen LogP contribution in [0.4, 0.5) is 19.9 Å². The van der Waals surface area contributed by atoms with Gasteiger partial charge >= 0.3 is 189 Å². The van der Waals surface area contributed by atoms with Crippen LogP contribution in [0.3, 0.4) is 0 Å². The summed E-state index contributed by atoms with van der Waals surface area (Å²) in [6, 6.07) is 19.1. The molecule has 154 valence electrons. The zero-order chi connectivity index (χ0) is 21.7. The molecule has 3 aromatic rings.